The molecule has 0 unspecified atom stereocenters. The number of methoxy groups -OCH3 is 2. The molecule has 29 heavy (non-hydrogen) atoms. The number of hydrogen-bond donors (Lipinski definition) is 0. The van der Waals surface area contributed by atoms with Gasteiger partial charge in [-0.15, -0.1) is 0 Å². The molecular weight excluding hydrogens is 368 g/mol. The van der Waals surface area contributed by atoms with Crippen LogP contribution in [0.1, 0.15) is 26.3 Å². The number of hydrogen-bond acceptors (Lipinski definition) is 5. The van der Waals surface area contributed by atoms with Crippen LogP contribution < -0.4 is 14.2 Å². The predicted molar refractivity (Wildman–Crippen MR) is 111 cm³/mol. The number of rotatable bonds is 7. The van der Waals surface area contributed by atoms with E-state index in [0.29, 0.717) is 28.4 Å². The van der Waals surface area contributed by atoms with Gasteiger partial charge in [0.05, 0.1) is 19.8 Å². The first kappa shape index (κ1) is 19.9. The molecule has 0 aromatic heterocycles. The fraction of sp³-hybridized carbons (Fsp3) is 0.0833. The molecule has 0 saturated carbocycles. The largest absolute Gasteiger partial charge is 0.493 e. The van der Waals surface area contributed by atoms with Crippen molar-refractivity contribution < 1.29 is 23.8 Å². The van der Waals surface area contributed by atoms with Gasteiger partial charge in [0.15, 0.2) is 17.3 Å². The third kappa shape index (κ3) is 5.11. The van der Waals surface area contributed by atoms with Crippen molar-refractivity contribution in [3.8, 4) is 17.2 Å². The van der Waals surface area contributed by atoms with Crippen molar-refractivity contribution in [3.05, 3.63) is 95.6 Å². The van der Waals surface area contributed by atoms with Crippen molar-refractivity contribution >= 4 is 17.8 Å². The molecule has 0 atom stereocenters. The predicted octanol–water partition coefficient (Wildman–Crippen LogP) is 4.82. The van der Waals surface area contributed by atoms with E-state index in [0.717, 1.165) is 5.56 Å². The average Bonchev–Trinajstić information content (AvgIpc) is 2.77. The molecule has 146 valence electrons. The van der Waals surface area contributed by atoms with E-state index in [2.05, 4.69) is 0 Å². The van der Waals surface area contributed by atoms with Gasteiger partial charge < -0.3 is 14.2 Å². The van der Waals surface area contributed by atoms with E-state index in [-0.39, 0.29) is 5.78 Å². The third-order valence-corrected chi connectivity index (χ3v) is 4.17. The van der Waals surface area contributed by atoms with Gasteiger partial charge in [-0.3, -0.25) is 4.79 Å². The molecule has 0 aliphatic heterocycles. The molecule has 0 spiro atoms. The highest BCUT2D eigenvalue weighted by Crippen LogP contribution is 2.28. The summed E-state index contributed by atoms with van der Waals surface area (Å²) < 4.78 is 15.8. The molecule has 3 aromatic rings. The Bertz CT molecular complexity index is 1040. The van der Waals surface area contributed by atoms with Gasteiger partial charge in [-0.25, -0.2) is 4.79 Å². The molecular formula is C24H20O5. The van der Waals surface area contributed by atoms with Crippen LogP contribution in [0.5, 0.6) is 17.2 Å². The number of carbonyl (C=O) groups is 2. The highest BCUT2D eigenvalue weighted by Gasteiger charge is 2.13. The van der Waals surface area contributed by atoms with Gasteiger partial charge in [-0.2, -0.15) is 0 Å². The van der Waals surface area contributed by atoms with Crippen LogP contribution in [-0.2, 0) is 0 Å². The molecule has 0 heterocycles. The molecule has 0 amide bonds. The monoisotopic (exact) mass is 388 g/mol. The summed E-state index contributed by atoms with van der Waals surface area (Å²) >= 11 is 0. The average molecular weight is 388 g/mol. The van der Waals surface area contributed by atoms with Crippen LogP contribution in [0.3, 0.4) is 0 Å². The Kier molecular flexibility index (Phi) is 6.43. The van der Waals surface area contributed by atoms with Crippen LogP contribution in [0.15, 0.2) is 78.9 Å². The maximum Gasteiger partial charge on any atom is 0.343 e. The minimum atomic E-state index is -0.521. The second-order valence-electron chi connectivity index (χ2n) is 6.10. The molecule has 5 nitrogen and oxygen atoms in total. The van der Waals surface area contributed by atoms with Gasteiger partial charge in [0.1, 0.15) is 5.75 Å². The lowest BCUT2D eigenvalue weighted by Gasteiger charge is -2.09. The van der Waals surface area contributed by atoms with Crippen molar-refractivity contribution in [3.63, 3.8) is 0 Å². The normalized spacial score (nSPS) is 10.6. The number of ether oxygens (including phenoxy) is 3. The lowest BCUT2D eigenvalue weighted by atomic mass is 10.1. The van der Waals surface area contributed by atoms with E-state index in [1.807, 2.05) is 24.3 Å². The van der Waals surface area contributed by atoms with Gasteiger partial charge in [0, 0.05) is 5.56 Å². The standard InChI is InChI=1S/C24H20O5/c1-27-22-14-12-19(16-23(22)28-2)24(26)29-20-10-6-7-17(15-20)11-13-21(25)18-8-4-3-5-9-18/h3-16H,1-2H3. The number of benzene rings is 3. The first-order valence-electron chi connectivity index (χ1n) is 8.92. The second-order valence-corrected chi connectivity index (χ2v) is 6.10. The Morgan fingerprint density at radius 3 is 2.24 bits per heavy atom. The number of allylic oxidation sites excluding steroid dienone is 1. The van der Waals surface area contributed by atoms with E-state index >= 15 is 0 Å². The van der Waals surface area contributed by atoms with E-state index in [9.17, 15) is 9.59 Å². The molecule has 0 aliphatic carbocycles. The SMILES string of the molecule is COc1ccc(C(=O)Oc2cccc(C=CC(=O)c3ccccc3)c2)cc1OC. The van der Waals surface area contributed by atoms with Crippen LogP contribution in [0.25, 0.3) is 6.08 Å². The topological polar surface area (TPSA) is 61.8 Å². The zero-order chi connectivity index (χ0) is 20.6. The summed E-state index contributed by atoms with van der Waals surface area (Å²) in [5.41, 5.74) is 1.69. The van der Waals surface area contributed by atoms with Crippen LogP contribution in [-0.4, -0.2) is 26.0 Å². The molecule has 3 aromatic carbocycles. The fourth-order valence-electron chi connectivity index (χ4n) is 2.68. The van der Waals surface area contributed by atoms with Gasteiger partial charge >= 0.3 is 5.97 Å². The quantitative estimate of drug-likeness (QED) is 0.251. The number of ketones is 1. The van der Waals surface area contributed by atoms with Crippen molar-refractivity contribution in [2.24, 2.45) is 0 Å². The highest BCUT2D eigenvalue weighted by atomic mass is 16.5. The van der Waals surface area contributed by atoms with Crippen molar-refractivity contribution in [2.75, 3.05) is 14.2 Å². The zero-order valence-corrected chi connectivity index (χ0v) is 16.1. The summed E-state index contributed by atoms with van der Waals surface area (Å²) in [4.78, 5) is 24.6. The van der Waals surface area contributed by atoms with Crippen LogP contribution in [0.2, 0.25) is 0 Å². The molecule has 0 aliphatic rings. The lowest BCUT2D eigenvalue weighted by molar-refractivity contribution is 0.0734. The van der Waals surface area contributed by atoms with E-state index in [4.69, 9.17) is 14.2 Å². The minimum Gasteiger partial charge on any atom is -0.493 e. The van der Waals surface area contributed by atoms with Crippen molar-refractivity contribution in [2.45, 2.75) is 0 Å². The summed E-state index contributed by atoms with van der Waals surface area (Å²) in [6.45, 7) is 0. The second kappa shape index (κ2) is 9.37. The summed E-state index contributed by atoms with van der Waals surface area (Å²) in [5.74, 6) is 0.724. The van der Waals surface area contributed by atoms with Gasteiger partial charge in [-0.1, -0.05) is 48.5 Å². The zero-order valence-electron chi connectivity index (χ0n) is 16.1. The Hall–Kier alpha value is -3.86. The molecule has 5 heteroatoms. The van der Waals surface area contributed by atoms with E-state index in [1.54, 1.807) is 54.6 Å². The fourth-order valence-corrected chi connectivity index (χ4v) is 2.68. The smallest absolute Gasteiger partial charge is 0.343 e. The summed E-state index contributed by atoms with van der Waals surface area (Å²) in [6.07, 6.45) is 3.17. The van der Waals surface area contributed by atoms with Crippen molar-refractivity contribution in [1.29, 1.82) is 0 Å². The Morgan fingerprint density at radius 2 is 1.52 bits per heavy atom. The molecule has 0 radical (unpaired) electrons. The minimum absolute atomic E-state index is 0.0988. The summed E-state index contributed by atoms with van der Waals surface area (Å²) in [7, 11) is 3.02. The lowest BCUT2D eigenvalue weighted by Crippen LogP contribution is -2.09. The van der Waals surface area contributed by atoms with E-state index < -0.39 is 5.97 Å². The molecule has 0 saturated heterocycles. The van der Waals surface area contributed by atoms with Gasteiger partial charge in [-0.05, 0) is 42.0 Å². The van der Waals surface area contributed by atoms with Crippen LogP contribution in [0, 0.1) is 0 Å². The van der Waals surface area contributed by atoms with Crippen LogP contribution in [0.4, 0.5) is 0 Å². The molecule has 0 bridgehead atoms. The van der Waals surface area contributed by atoms with Crippen molar-refractivity contribution in [1.82, 2.24) is 0 Å². The van der Waals surface area contributed by atoms with E-state index in [1.165, 1.54) is 20.3 Å². The first-order chi connectivity index (χ1) is 14.1. The summed E-state index contributed by atoms with van der Waals surface area (Å²) in [6, 6.07) is 20.7. The molecule has 0 N–H and O–H groups in total. The van der Waals surface area contributed by atoms with Gasteiger partial charge in [0.2, 0.25) is 0 Å². The summed E-state index contributed by atoms with van der Waals surface area (Å²) in [5, 5.41) is 0. The number of carbonyl (C=O) groups excluding carboxylic acids is 2. The molecule has 0 fully saturated rings. The van der Waals surface area contributed by atoms with Gasteiger partial charge in [0.25, 0.3) is 0 Å². The third-order valence-electron chi connectivity index (χ3n) is 4.17. The Balaban J connectivity index is 1.72. The maximum absolute atomic E-state index is 12.5. The van der Waals surface area contributed by atoms with Crippen LogP contribution >= 0.6 is 0 Å². The Morgan fingerprint density at radius 1 is 0.759 bits per heavy atom. The molecule has 3 rings (SSSR count). The highest BCUT2D eigenvalue weighted by molar-refractivity contribution is 6.06. The number of esters is 1. The Labute approximate surface area is 169 Å². The maximum atomic E-state index is 12.5. The first-order valence-corrected chi connectivity index (χ1v) is 8.92.